The van der Waals surface area contributed by atoms with Gasteiger partial charge in [0.1, 0.15) is 6.33 Å². The lowest BCUT2D eigenvalue weighted by Crippen LogP contribution is -2.22. The molecular weight excluding hydrogens is 282 g/mol. The highest BCUT2D eigenvalue weighted by Gasteiger charge is 2.07. The van der Waals surface area contributed by atoms with Crippen molar-refractivity contribution in [3.05, 3.63) is 70.8 Å². The van der Waals surface area contributed by atoms with E-state index in [0.29, 0.717) is 11.4 Å². The number of nitrogens with zero attached hydrogens (tertiary/aromatic N) is 2. The largest absolute Gasteiger partial charge is 0.346 e. The summed E-state index contributed by atoms with van der Waals surface area (Å²) in [5.41, 5.74) is 2.67. The number of amides is 1. The van der Waals surface area contributed by atoms with Crippen LogP contribution in [0.3, 0.4) is 0 Å². The molecule has 104 valence electrons. The van der Waals surface area contributed by atoms with Crippen LogP contribution >= 0.6 is 11.3 Å². The molecule has 5 heteroatoms. The normalized spacial score (nSPS) is 10.3. The molecule has 0 radical (unpaired) electrons. The van der Waals surface area contributed by atoms with Crippen molar-refractivity contribution in [3.63, 3.8) is 0 Å². The number of hydrogen-bond donors (Lipinski definition) is 1. The summed E-state index contributed by atoms with van der Waals surface area (Å²) in [5, 5.41) is 4.74. The molecule has 1 N–H and O–H groups in total. The Bertz CT molecular complexity index is 726. The van der Waals surface area contributed by atoms with Gasteiger partial charge in [-0.25, -0.2) is 9.97 Å². The molecule has 0 bridgehead atoms. The summed E-state index contributed by atoms with van der Waals surface area (Å²) in [4.78, 5) is 21.1. The van der Waals surface area contributed by atoms with Crippen LogP contribution in [0.15, 0.2) is 60.2 Å². The molecule has 2 heterocycles. The lowest BCUT2D eigenvalue weighted by Gasteiger charge is -2.05. The van der Waals surface area contributed by atoms with Gasteiger partial charge in [-0.15, -0.1) is 11.3 Å². The van der Waals surface area contributed by atoms with Gasteiger partial charge in [0, 0.05) is 5.56 Å². The van der Waals surface area contributed by atoms with Crippen LogP contribution < -0.4 is 5.32 Å². The molecule has 0 saturated heterocycles. The monoisotopic (exact) mass is 295 g/mol. The Hall–Kier alpha value is -2.53. The molecule has 0 fully saturated rings. The highest BCUT2D eigenvalue weighted by molar-refractivity contribution is 7.12. The molecule has 0 spiro atoms. The summed E-state index contributed by atoms with van der Waals surface area (Å²) in [6.45, 7) is 0.388. The molecule has 0 aliphatic rings. The first-order valence-corrected chi connectivity index (χ1v) is 7.39. The molecule has 1 aromatic carbocycles. The van der Waals surface area contributed by atoms with E-state index < -0.39 is 0 Å². The van der Waals surface area contributed by atoms with E-state index in [0.717, 1.165) is 17.0 Å². The van der Waals surface area contributed by atoms with Crippen LogP contribution in [-0.2, 0) is 6.54 Å². The Labute approximate surface area is 126 Å². The zero-order valence-electron chi connectivity index (χ0n) is 11.2. The third kappa shape index (κ3) is 3.32. The van der Waals surface area contributed by atoms with E-state index in [1.807, 2.05) is 47.8 Å². The van der Waals surface area contributed by atoms with E-state index in [-0.39, 0.29) is 5.91 Å². The summed E-state index contributed by atoms with van der Waals surface area (Å²) in [6, 6.07) is 15.4. The summed E-state index contributed by atoms with van der Waals surface area (Å²) < 4.78 is 0. The van der Waals surface area contributed by atoms with Crippen molar-refractivity contribution in [2.24, 2.45) is 0 Å². The third-order valence-electron chi connectivity index (χ3n) is 2.97. The molecular formula is C16H13N3OS. The van der Waals surface area contributed by atoms with Gasteiger partial charge < -0.3 is 5.32 Å². The standard InChI is InChI=1S/C16H13N3OS/c20-16(15-7-4-8-21-15)17-10-13-9-14(19-11-18-13)12-5-2-1-3-6-12/h1-9,11H,10H2,(H,17,20). The van der Waals surface area contributed by atoms with Gasteiger partial charge in [0.15, 0.2) is 0 Å². The van der Waals surface area contributed by atoms with E-state index in [1.54, 1.807) is 6.07 Å². The summed E-state index contributed by atoms with van der Waals surface area (Å²) in [5.74, 6) is -0.0788. The Morgan fingerprint density at radius 2 is 1.95 bits per heavy atom. The number of nitrogens with one attached hydrogen (secondary N) is 1. The summed E-state index contributed by atoms with van der Waals surface area (Å²) in [6.07, 6.45) is 1.52. The highest BCUT2D eigenvalue weighted by Crippen LogP contribution is 2.16. The molecule has 0 saturated carbocycles. The van der Waals surface area contributed by atoms with E-state index in [1.165, 1.54) is 17.7 Å². The smallest absolute Gasteiger partial charge is 0.261 e. The van der Waals surface area contributed by atoms with Crippen LogP contribution in [0, 0.1) is 0 Å². The van der Waals surface area contributed by atoms with Gasteiger partial charge in [-0.2, -0.15) is 0 Å². The fraction of sp³-hybridized carbons (Fsp3) is 0.0625. The first-order valence-electron chi connectivity index (χ1n) is 6.51. The average Bonchev–Trinajstić information content (AvgIpc) is 3.08. The second-order valence-corrected chi connectivity index (χ2v) is 5.37. The minimum Gasteiger partial charge on any atom is -0.346 e. The lowest BCUT2D eigenvalue weighted by atomic mass is 10.1. The first kappa shape index (κ1) is 13.5. The van der Waals surface area contributed by atoms with E-state index >= 15 is 0 Å². The first-order chi connectivity index (χ1) is 10.3. The van der Waals surface area contributed by atoms with Crippen LogP contribution in [0.25, 0.3) is 11.3 Å². The molecule has 0 atom stereocenters. The fourth-order valence-corrected chi connectivity index (χ4v) is 2.57. The predicted molar refractivity (Wildman–Crippen MR) is 83.0 cm³/mol. The minimum atomic E-state index is -0.0788. The lowest BCUT2D eigenvalue weighted by molar-refractivity contribution is 0.0954. The molecule has 1 amide bonds. The molecule has 0 aliphatic heterocycles. The Morgan fingerprint density at radius 3 is 2.71 bits per heavy atom. The molecule has 0 unspecified atom stereocenters. The number of carbonyl (C=O) groups is 1. The van der Waals surface area contributed by atoms with Crippen molar-refractivity contribution in [1.82, 2.24) is 15.3 Å². The van der Waals surface area contributed by atoms with Crippen molar-refractivity contribution in [1.29, 1.82) is 0 Å². The number of aromatic nitrogens is 2. The van der Waals surface area contributed by atoms with Crippen LogP contribution in [0.1, 0.15) is 15.4 Å². The number of hydrogen-bond acceptors (Lipinski definition) is 4. The zero-order valence-corrected chi connectivity index (χ0v) is 12.0. The predicted octanol–water partition coefficient (Wildman–Crippen LogP) is 3.14. The topological polar surface area (TPSA) is 54.9 Å². The van der Waals surface area contributed by atoms with Crippen molar-refractivity contribution in [3.8, 4) is 11.3 Å². The second kappa shape index (κ2) is 6.28. The van der Waals surface area contributed by atoms with E-state index in [2.05, 4.69) is 15.3 Å². The van der Waals surface area contributed by atoms with Gasteiger partial charge in [0.2, 0.25) is 0 Å². The van der Waals surface area contributed by atoms with Gasteiger partial charge in [0.25, 0.3) is 5.91 Å². The maximum Gasteiger partial charge on any atom is 0.261 e. The molecule has 0 aliphatic carbocycles. The number of carbonyl (C=O) groups excluding carboxylic acids is 1. The zero-order chi connectivity index (χ0) is 14.5. The molecule has 2 aromatic heterocycles. The van der Waals surface area contributed by atoms with Crippen molar-refractivity contribution in [2.45, 2.75) is 6.54 Å². The van der Waals surface area contributed by atoms with Crippen molar-refractivity contribution in [2.75, 3.05) is 0 Å². The van der Waals surface area contributed by atoms with E-state index in [4.69, 9.17) is 0 Å². The van der Waals surface area contributed by atoms with Gasteiger partial charge in [-0.1, -0.05) is 36.4 Å². The van der Waals surface area contributed by atoms with Gasteiger partial charge >= 0.3 is 0 Å². The van der Waals surface area contributed by atoms with Gasteiger partial charge in [0.05, 0.1) is 22.8 Å². The number of rotatable bonds is 4. The highest BCUT2D eigenvalue weighted by atomic mass is 32.1. The van der Waals surface area contributed by atoms with Gasteiger partial charge in [-0.05, 0) is 17.5 Å². The fourth-order valence-electron chi connectivity index (χ4n) is 1.93. The number of thiophene rings is 1. The van der Waals surface area contributed by atoms with Gasteiger partial charge in [-0.3, -0.25) is 4.79 Å². The molecule has 3 rings (SSSR count). The third-order valence-corrected chi connectivity index (χ3v) is 3.84. The van der Waals surface area contributed by atoms with Crippen LogP contribution in [0.2, 0.25) is 0 Å². The van der Waals surface area contributed by atoms with Crippen molar-refractivity contribution < 1.29 is 4.79 Å². The summed E-state index contributed by atoms with van der Waals surface area (Å²) >= 11 is 1.42. The Morgan fingerprint density at radius 1 is 1.10 bits per heavy atom. The molecule has 21 heavy (non-hydrogen) atoms. The Balaban J connectivity index is 1.71. The second-order valence-electron chi connectivity index (χ2n) is 4.42. The minimum absolute atomic E-state index is 0.0788. The SMILES string of the molecule is O=C(NCc1cc(-c2ccccc2)ncn1)c1cccs1. The summed E-state index contributed by atoms with van der Waals surface area (Å²) in [7, 11) is 0. The Kier molecular flexibility index (Phi) is 4.02. The van der Waals surface area contributed by atoms with E-state index in [9.17, 15) is 4.79 Å². The van der Waals surface area contributed by atoms with Crippen LogP contribution in [0.4, 0.5) is 0 Å². The number of benzene rings is 1. The van der Waals surface area contributed by atoms with Crippen LogP contribution in [0.5, 0.6) is 0 Å². The van der Waals surface area contributed by atoms with Crippen molar-refractivity contribution >= 4 is 17.2 Å². The molecule has 4 nitrogen and oxygen atoms in total. The molecule has 3 aromatic rings. The quantitative estimate of drug-likeness (QED) is 0.804. The average molecular weight is 295 g/mol. The maximum atomic E-state index is 11.9. The maximum absolute atomic E-state index is 11.9. The van der Waals surface area contributed by atoms with Crippen LogP contribution in [-0.4, -0.2) is 15.9 Å².